The maximum Gasteiger partial charge on any atom is 0.230 e. The summed E-state index contributed by atoms with van der Waals surface area (Å²) in [7, 11) is 2.06. The third-order valence-electron chi connectivity index (χ3n) is 4.70. The molecule has 0 radical (unpaired) electrons. The molecule has 7 heteroatoms. The lowest BCUT2D eigenvalue weighted by atomic mass is 9.98. The molecule has 0 aliphatic carbocycles. The molecule has 1 N–H and O–H groups in total. The van der Waals surface area contributed by atoms with Crippen molar-refractivity contribution in [3.63, 3.8) is 0 Å². The van der Waals surface area contributed by atoms with Gasteiger partial charge < -0.3 is 10.2 Å². The Hall–Kier alpha value is -2.02. The number of aromatic nitrogens is 2. The van der Waals surface area contributed by atoms with E-state index < -0.39 is 0 Å². The van der Waals surface area contributed by atoms with Gasteiger partial charge in [-0.3, -0.25) is 4.79 Å². The second kappa shape index (κ2) is 7.31. The molecule has 5 nitrogen and oxygen atoms in total. The van der Waals surface area contributed by atoms with Gasteiger partial charge in [0.05, 0.1) is 10.8 Å². The van der Waals surface area contributed by atoms with E-state index in [9.17, 15) is 4.79 Å². The molecule has 3 aromatic rings. The van der Waals surface area contributed by atoms with Gasteiger partial charge in [0.1, 0.15) is 5.15 Å². The van der Waals surface area contributed by atoms with Crippen LogP contribution in [0.15, 0.2) is 36.7 Å². The zero-order chi connectivity index (χ0) is 18.1. The Kier molecular flexibility index (Phi) is 4.89. The summed E-state index contributed by atoms with van der Waals surface area (Å²) in [6.07, 6.45) is 5.57. The van der Waals surface area contributed by atoms with Crippen molar-refractivity contribution in [3.8, 4) is 10.4 Å². The molecule has 1 aliphatic rings. The number of carbonyl (C=O) groups is 1. The van der Waals surface area contributed by atoms with Crippen LogP contribution >= 0.6 is 22.9 Å². The van der Waals surface area contributed by atoms with Gasteiger partial charge in [-0.2, -0.15) is 0 Å². The average molecular weight is 387 g/mol. The first kappa shape index (κ1) is 17.4. The molecule has 1 atom stereocenters. The third kappa shape index (κ3) is 3.72. The lowest BCUT2D eigenvalue weighted by Gasteiger charge is -2.28. The van der Waals surface area contributed by atoms with Crippen LogP contribution in [0.3, 0.4) is 0 Å². The number of hydrogen-bond donors (Lipinski definition) is 1. The Morgan fingerprint density at radius 3 is 3.00 bits per heavy atom. The van der Waals surface area contributed by atoms with E-state index in [2.05, 4.69) is 33.3 Å². The first-order valence-corrected chi connectivity index (χ1v) is 9.79. The van der Waals surface area contributed by atoms with Crippen molar-refractivity contribution in [1.29, 1.82) is 0 Å². The monoisotopic (exact) mass is 386 g/mol. The molecule has 0 spiro atoms. The Morgan fingerprint density at radius 2 is 2.15 bits per heavy atom. The first-order valence-electron chi connectivity index (χ1n) is 8.59. The van der Waals surface area contributed by atoms with E-state index in [4.69, 9.17) is 11.6 Å². The van der Waals surface area contributed by atoms with Crippen molar-refractivity contribution >= 4 is 44.7 Å². The van der Waals surface area contributed by atoms with E-state index in [1.54, 1.807) is 12.4 Å². The molecule has 26 heavy (non-hydrogen) atoms. The molecule has 4 rings (SSSR count). The average Bonchev–Trinajstić information content (AvgIpc) is 3.09. The number of nitrogens with one attached hydrogen (secondary N) is 1. The lowest BCUT2D eigenvalue weighted by molar-refractivity contribution is -0.121. The van der Waals surface area contributed by atoms with Gasteiger partial charge in [0.15, 0.2) is 5.13 Å². The second-order valence-corrected chi connectivity index (χ2v) is 8.11. The van der Waals surface area contributed by atoms with Gasteiger partial charge in [0.25, 0.3) is 0 Å². The number of thiazole rings is 1. The number of anilines is 1. The minimum absolute atomic E-state index is 0.0383. The summed E-state index contributed by atoms with van der Waals surface area (Å²) in [5.74, 6) is 0.102. The molecule has 0 bridgehead atoms. The molecule has 3 heterocycles. The highest BCUT2D eigenvalue weighted by Gasteiger charge is 2.24. The number of piperidine rings is 1. The van der Waals surface area contributed by atoms with Crippen LogP contribution in [0.4, 0.5) is 5.13 Å². The van der Waals surface area contributed by atoms with Crippen LogP contribution in [-0.2, 0) is 4.79 Å². The molecule has 1 saturated heterocycles. The van der Waals surface area contributed by atoms with Crippen LogP contribution in [-0.4, -0.2) is 40.9 Å². The zero-order valence-electron chi connectivity index (χ0n) is 14.4. The molecular weight excluding hydrogens is 368 g/mol. The van der Waals surface area contributed by atoms with E-state index in [1.165, 1.54) is 11.3 Å². The number of rotatable bonds is 3. The normalized spacial score (nSPS) is 18.2. The fourth-order valence-corrected chi connectivity index (χ4v) is 4.30. The summed E-state index contributed by atoms with van der Waals surface area (Å²) in [5.41, 5.74) is 1.05. The van der Waals surface area contributed by atoms with Crippen molar-refractivity contribution in [3.05, 3.63) is 41.8 Å². The molecule has 1 fully saturated rings. The van der Waals surface area contributed by atoms with Gasteiger partial charge in [0.2, 0.25) is 5.91 Å². The van der Waals surface area contributed by atoms with E-state index in [0.29, 0.717) is 10.3 Å². The van der Waals surface area contributed by atoms with Crippen molar-refractivity contribution in [2.75, 3.05) is 25.5 Å². The summed E-state index contributed by atoms with van der Waals surface area (Å²) in [5, 5.41) is 6.17. The maximum absolute atomic E-state index is 12.5. The summed E-state index contributed by atoms with van der Waals surface area (Å²) >= 11 is 7.48. The van der Waals surface area contributed by atoms with Crippen LogP contribution in [0, 0.1) is 5.92 Å². The van der Waals surface area contributed by atoms with Crippen molar-refractivity contribution in [2.45, 2.75) is 12.8 Å². The van der Waals surface area contributed by atoms with E-state index >= 15 is 0 Å². The number of carbonyl (C=O) groups excluding carboxylic acids is 1. The van der Waals surface area contributed by atoms with E-state index in [0.717, 1.165) is 47.1 Å². The zero-order valence-corrected chi connectivity index (χ0v) is 16.0. The number of benzene rings is 1. The molecule has 1 aliphatic heterocycles. The summed E-state index contributed by atoms with van der Waals surface area (Å²) < 4.78 is 0. The highest BCUT2D eigenvalue weighted by Crippen LogP contribution is 2.32. The quantitative estimate of drug-likeness (QED) is 0.682. The smallest absolute Gasteiger partial charge is 0.230 e. The van der Waals surface area contributed by atoms with Crippen molar-refractivity contribution in [1.82, 2.24) is 14.9 Å². The Labute approximate surface area is 161 Å². The molecular formula is C19H19ClN4OS. The third-order valence-corrected chi connectivity index (χ3v) is 5.87. The Morgan fingerprint density at radius 1 is 1.27 bits per heavy atom. The topological polar surface area (TPSA) is 58.1 Å². The molecule has 2 aromatic heterocycles. The Bertz CT molecular complexity index is 958. The van der Waals surface area contributed by atoms with Crippen LogP contribution in [0.2, 0.25) is 5.15 Å². The predicted octanol–water partition coefficient (Wildman–Crippen LogP) is 4.29. The molecule has 134 valence electrons. The summed E-state index contributed by atoms with van der Waals surface area (Å²) in [6.45, 7) is 1.87. The standard InChI is InChI=1S/C19H19ClN4OS/c1-24-6-2-3-14(11-24)18(25)23-19-22-10-16(26-19)12-4-5-13-9-21-17(20)8-15(13)7-12/h4-5,7-10,14H,2-3,6,11H2,1H3,(H,22,23,25). The number of pyridine rings is 1. The number of fused-ring (bicyclic) bond motifs is 1. The maximum atomic E-state index is 12.5. The van der Waals surface area contributed by atoms with E-state index in [-0.39, 0.29) is 11.8 Å². The van der Waals surface area contributed by atoms with Gasteiger partial charge in [-0.25, -0.2) is 9.97 Å². The van der Waals surface area contributed by atoms with Crippen molar-refractivity contribution < 1.29 is 4.79 Å². The fourth-order valence-electron chi connectivity index (χ4n) is 3.32. The number of hydrogen-bond acceptors (Lipinski definition) is 5. The molecule has 0 saturated carbocycles. The van der Waals surface area contributed by atoms with E-state index in [1.807, 2.05) is 18.2 Å². The number of halogens is 1. The molecule has 1 aromatic carbocycles. The van der Waals surface area contributed by atoms with Gasteiger partial charge in [0, 0.05) is 24.3 Å². The minimum atomic E-state index is 0.0383. The SMILES string of the molecule is CN1CCCC(C(=O)Nc2ncc(-c3ccc4cnc(Cl)cc4c3)s2)C1. The van der Waals surface area contributed by atoms with Crippen molar-refractivity contribution in [2.24, 2.45) is 5.92 Å². The molecule has 1 unspecified atom stereocenters. The highest BCUT2D eigenvalue weighted by molar-refractivity contribution is 7.19. The van der Waals surface area contributed by atoms with Crippen LogP contribution in [0.1, 0.15) is 12.8 Å². The largest absolute Gasteiger partial charge is 0.306 e. The summed E-state index contributed by atoms with van der Waals surface area (Å²) in [4.78, 5) is 24.2. The lowest BCUT2D eigenvalue weighted by Crippen LogP contribution is -2.38. The first-order chi connectivity index (χ1) is 12.6. The van der Waals surface area contributed by atoms with Gasteiger partial charge in [-0.15, -0.1) is 0 Å². The summed E-state index contributed by atoms with van der Waals surface area (Å²) in [6, 6.07) is 7.97. The number of nitrogens with zero attached hydrogens (tertiary/aromatic N) is 3. The predicted molar refractivity (Wildman–Crippen MR) is 107 cm³/mol. The van der Waals surface area contributed by atoms with Crippen LogP contribution in [0.5, 0.6) is 0 Å². The Balaban J connectivity index is 1.51. The van der Waals surface area contributed by atoms with Crippen LogP contribution < -0.4 is 5.32 Å². The minimum Gasteiger partial charge on any atom is -0.306 e. The number of likely N-dealkylation sites (tertiary alicyclic amines) is 1. The highest BCUT2D eigenvalue weighted by atomic mass is 35.5. The van der Waals surface area contributed by atoms with Gasteiger partial charge in [-0.05, 0) is 49.5 Å². The fraction of sp³-hybridized carbons (Fsp3) is 0.316. The second-order valence-electron chi connectivity index (χ2n) is 6.69. The molecule has 1 amide bonds. The van der Waals surface area contributed by atoms with Crippen LogP contribution in [0.25, 0.3) is 21.2 Å². The number of amides is 1. The van der Waals surface area contributed by atoms with Gasteiger partial charge in [-0.1, -0.05) is 35.1 Å². The van der Waals surface area contributed by atoms with Gasteiger partial charge >= 0.3 is 0 Å².